The van der Waals surface area contributed by atoms with E-state index in [4.69, 9.17) is 4.74 Å². The molecule has 4 aliphatic rings. The summed E-state index contributed by atoms with van der Waals surface area (Å²) in [6, 6.07) is 9.57. The molecule has 0 aliphatic heterocycles. The second-order valence-electron chi connectivity index (χ2n) is 12.4. The molecule has 0 saturated heterocycles. The van der Waals surface area contributed by atoms with Gasteiger partial charge in [0.25, 0.3) is 5.37 Å². The Morgan fingerprint density at radius 2 is 1.84 bits per heavy atom. The molecule has 6 nitrogen and oxygen atoms in total. The summed E-state index contributed by atoms with van der Waals surface area (Å²) in [6.07, 6.45) is 8.75. The summed E-state index contributed by atoms with van der Waals surface area (Å²) in [4.78, 5) is 37.9. The van der Waals surface area contributed by atoms with Gasteiger partial charge in [-0.05, 0) is 97.9 Å². The molecular formula is C30H39NO5S. The fraction of sp³-hybridized carbons (Fsp3) is 0.667. The molecule has 0 heterocycles. The second-order valence-corrected chi connectivity index (χ2v) is 13.6. The van der Waals surface area contributed by atoms with Crippen LogP contribution in [0, 0.1) is 50.5 Å². The Balaban J connectivity index is 1.45. The first-order valence-electron chi connectivity index (χ1n) is 13.8. The van der Waals surface area contributed by atoms with Crippen molar-refractivity contribution in [2.45, 2.75) is 89.0 Å². The number of nitrogens with zero attached hydrogens (tertiary/aromatic N) is 1. The fourth-order valence-electron chi connectivity index (χ4n) is 9.03. The SMILES string of the molecule is CC(=O)O[C@H]1CC[C@@]2(C)C(=CC[C@H]3[C@@H]4C[C@@H](C(Sc5ccccc5)[N+](=O)[O-])[C@H](C(C)=O)[C@@]4(C)CC[C@@H]32)C1. The minimum Gasteiger partial charge on any atom is -0.462 e. The van der Waals surface area contributed by atoms with E-state index in [1.165, 1.54) is 24.3 Å². The Morgan fingerprint density at radius 1 is 1.11 bits per heavy atom. The van der Waals surface area contributed by atoms with Crippen molar-refractivity contribution in [3.63, 3.8) is 0 Å². The summed E-state index contributed by atoms with van der Waals surface area (Å²) in [6.45, 7) is 7.78. The molecule has 200 valence electrons. The van der Waals surface area contributed by atoms with E-state index in [0.717, 1.165) is 49.8 Å². The Bertz CT molecular complexity index is 1100. The number of benzene rings is 1. The van der Waals surface area contributed by atoms with Gasteiger partial charge >= 0.3 is 5.97 Å². The number of hydrogen-bond acceptors (Lipinski definition) is 6. The first-order chi connectivity index (χ1) is 17.5. The van der Waals surface area contributed by atoms with Gasteiger partial charge in [0.05, 0.1) is 0 Å². The Kier molecular flexibility index (Phi) is 7.05. The number of ether oxygens (including phenoxy) is 1. The van der Waals surface area contributed by atoms with Crippen LogP contribution in [0.3, 0.4) is 0 Å². The van der Waals surface area contributed by atoms with Gasteiger partial charge in [-0.3, -0.25) is 19.7 Å². The van der Waals surface area contributed by atoms with Crippen LogP contribution in [0.5, 0.6) is 0 Å². The van der Waals surface area contributed by atoms with Gasteiger partial charge in [-0.15, -0.1) is 0 Å². The van der Waals surface area contributed by atoms with E-state index in [1.54, 1.807) is 6.92 Å². The molecule has 1 unspecified atom stereocenters. The van der Waals surface area contributed by atoms with E-state index < -0.39 is 5.37 Å². The highest BCUT2D eigenvalue weighted by Crippen LogP contribution is 2.68. The third-order valence-corrected chi connectivity index (χ3v) is 11.8. The maximum absolute atomic E-state index is 13.2. The topological polar surface area (TPSA) is 86.5 Å². The van der Waals surface area contributed by atoms with Crippen LogP contribution in [-0.2, 0) is 14.3 Å². The number of ketones is 1. The molecule has 37 heavy (non-hydrogen) atoms. The highest BCUT2D eigenvalue weighted by molar-refractivity contribution is 7.99. The van der Waals surface area contributed by atoms with Gasteiger partial charge in [-0.25, -0.2) is 0 Å². The van der Waals surface area contributed by atoms with E-state index >= 15 is 0 Å². The summed E-state index contributed by atoms with van der Waals surface area (Å²) < 4.78 is 5.58. The number of allylic oxidation sites excluding steroid dienone is 1. The minimum atomic E-state index is -0.832. The van der Waals surface area contributed by atoms with Crippen LogP contribution in [-0.4, -0.2) is 28.2 Å². The highest BCUT2D eigenvalue weighted by atomic mass is 32.2. The summed E-state index contributed by atoms with van der Waals surface area (Å²) in [5.74, 6) is 0.563. The zero-order chi connectivity index (χ0) is 26.5. The molecule has 0 aromatic heterocycles. The molecule has 0 bridgehead atoms. The number of carbonyl (C=O) groups excluding carboxylic acids is 2. The van der Waals surface area contributed by atoms with Crippen LogP contribution < -0.4 is 0 Å². The van der Waals surface area contributed by atoms with Crippen LogP contribution in [0.4, 0.5) is 0 Å². The van der Waals surface area contributed by atoms with Crippen molar-refractivity contribution in [3.8, 4) is 0 Å². The quantitative estimate of drug-likeness (QED) is 0.102. The maximum atomic E-state index is 13.2. The summed E-state index contributed by atoms with van der Waals surface area (Å²) in [5.41, 5.74) is 1.29. The summed E-state index contributed by atoms with van der Waals surface area (Å²) in [7, 11) is 0. The van der Waals surface area contributed by atoms with Crippen molar-refractivity contribution < 1.29 is 19.2 Å². The zero-order valence-electron chi connectivity index (χ0n) is 22.4. The molecule has 1 aromatic carbocycles. The smallest absolute Gasteiger partial charge is 0.302 e. The number of rotatable bonds is 6. The molecular weight excluding hydrogens is 486 g/mol. The van der Waals surface area contributed by atoms with Gasteiger partial charge in [0.1, 0.15) is 11.9 Å². The molecule has 0 spiro atoms. The van der Waals surface area contributed by atoms with Gasteiger partial charge in [-0.1, -0.05) is 43.7 Å². The first-order valence-corrected chi connectivity index (χ1v) is 14.6. The molecule has 3 fully saturated rings. The normalized spacial score (nSPS) is 39.4. The number of hydrogen-bond donors (Lipinski definition) is 0. The van der Waals surface area contributed by atoms with E-state index in [1.807, 2.05) is 30.3 Å². The van der Waals surface area contributed by atoms with Crippen LogP contribution in [0.15, 0.2) is 46.9 Å². The zero-order valence-corrected chi connectivity index (χ0v) is 23.2. The number of Topliss-reactive ketones (excluding diaryl/α,β-unsaturated/α-hetero) is 1. The predicted octanol–water partition coefficient (Wildman–Crippen LogP) is 6.71. The van der Waals surface area contributed by atoms with Crippen molar-refractivity contribution in [2.24, 2.45) is 40.4 Å². The number of thioether (sulfide) groups is 1. The lowest BCUT2D eigenvalue weighted by atomic mass is 9.47. The summed E-state index contributed by atoms with van der Waals surface area (Å²) >= 11 is 1.31. The predicted molar refractivity (Wildman–Crippen MR) is 143 cm³/mol. The molecule has 5 rings (SSSR count). The molecule has 3 saturated carbocycles. The Labute approximate surface area is 224 Å². The average Bonchev–Trinajstić information content (AvgIpc) is 3.16. The number of carbonyl (C=O) groups is 2. The van der Waals surface area contributed by atoms with Gasteiger partial charge in [0.15, 0.2) is 0 Å². The monoisotopic (exact) mass is 525 g/mol. The lowest BCUT2D eigenvalue weighted by Crippen LogP contribution is -2.51. The van der Waals surface area contributed by atoms with Crippen LogP contribution in [0.25, 0.3) is 0 Å². The van der Waals surface area contributed by atoms with Crippen LogP contribution in [0.1, 0.15) is 72.6 Å². The standard InChI is InChI=1S/C30H39NO5S/c1-18(32)27-24(28(31(34)35)37-22-8-6-5-7-9-22)17-26-23-11-10-20-16-21(36-19(2)33)12-14-29(20,3)25(23)13-15-30(26,27)4/h5-10,21,23-28H,11-17H2,1-4H3/t21-,23+,24+,25-,26-,27-,28?,29-,30-/m0/s1. The van der Waals surface area contributed by atoms with E-state index in [-0.39, 0.29) is 45.4 Å². The molecule has 0 radical (unpaired) electrons. The largest absolute Gasteiger partial charge is 0.462 e. The Morgan fingerprint density at radius 3 is 2.49 bits per heavy atom. The first kappa shape index (κ1) is 26.5. The molecule has 1 aromatic rings. The van der Waals surface area contributed by atoms with E-state index in [9.17, 15) is 19.7 Å². The fourth-order valence-corrected chi connectivity index (χ4v) is 10.2. The Hall–Kier alpha value is -2.15. The van der Waals surface area contributed by atoms with Crippen molar-refractivity contribution in [1.82, 2.24) is 0 Å². The molecule has 0 amide bonds. The second kappa shape index (κ2) is 9.87. The third-order valence-electron chi connectivity index (χ3n) is 10.5. The van der Waals surface area contributed by atoms with Crippen molar-refractivity contribution >= 4 is 23.5 Å². The average molecular weight is 526 g/mol. The molecule has 7 heteroatoms. The number of nitro groups is 1. The van der Waals surface area contributed by atoms with Gasteiger partial charge in [0, 0.05) is 35.0 Å². The number of fused-ring (bicyclic) bond motifs is 5. The van der Waals surface area contributed by atoms with Crippen molar-refractivity contribution in [1.29, 1.82) is 0 Å². The highest BCUT2D eigenvalue weighted by Gasteiger charge is 2.64. The third kappa shape index (κ3) is 4.55. The van der Waals surface area contributed by atoms with Gasteiger partial charge in [0.2, 0.25) is 0 Å². The number of esters is 1. The van der Waals surface area contributed by atoms with Gasteiger partial charge in [-0.2, -0.15) is 0 Å². The van der Waals surface area contributed by atoms with E-state index in [0.29, 0.717) is 17.8 Å². The van der Waals surface area contributed by atoms with Crippen LogP contribution >= 0.6 is 11.8 Å². The maximum Gasteiger partial charge on any atom is 0.302 e. The lowest BCUT2D eigenvalue weighted by molar-refractivity contribution is -0.505. The summed E-state index contributed by atoms with van der Waals surface area (Å²) in [5, 5.41) is 11.6. The van der Waals surface area contributed by atoms with Crippen LogP contribution in [0.2, 0.25) is 0 Å². The van der Waals surface area contributed by atoms with Crippen molar-refractivity contribution in [3.05, 3.63) is 52.1 Å². The van der Waals surface area contributed by atoms with Gasteiger partial charge < -0.3 is 4.74 Å². The molecule has 0 N–H and O–H groups in total. The molecule has 4 aliphatic carbocycles. The lowest BCUT2D eigenvalue weighted by Gasteiger charge is -2.58. The minimum absolute atomic E-state index is 0.0314. The molecule has 9 atom stereocenters. The van der Waals surface area contributed by atoms with Crippen molar-refractivity contribution in [2.75, 3.05) is 0 Å². The van der Waals surface area contributed by atoms with E-state index in [2.05, 4.69) is 19.9 Å².